The van der Waals surface area contributed by atoms with Gasteiger partial charge in [-0.25, -0.2) is 4.79 Å². The van der Waals surface area contributed by atoms with Crippen molar-refractivity contribution in [2.24, 2.45) is 0 Å². The summed E-state index contributed by atoms with van der Waals surface area (Å²) in [6.07, 6.45) is -0.167. The van der Waals surface area contributed by atoms with E-state index in [0.717, 1.165) is 0 Å². The maximum absolute atomic E-state index is 9.70. The lowest BCUT2D eigenvalue weighted by molar-refractivity contribution is -0.252. The zero-order chi connectivity index (χ0) is 8.57. The highest BCUT2D eigenvalue weighted by atomic mass is 17.2. The quantitative estimate of drug-likeness (QED) is 0.436. The molecule has 0 aromatic carbocycles. The Morgan fingerprint density at radius 1 is 1.50 bits per heavy atom. The molecule has 0 unspecified atom stereocenters. The standard InChI is InChI=1S/C3H6O3.C3H8O/c1-3(4)6-5-2;1-3(2)4/h1-2H3;3-4H,1-2H3. The van der Waals surface area contributed by atoms with Crippen LogP contribution >= 0.6 is 0 Å². The zero-order valence-electron chi connectivity index (χ0n) is 6.75. The Hall–Kier alpha value is -0.610. The van der Waals surface area contributed by atoms with Crippen LogP contribution in [0.25, 0.3) is 0 Å². The maximum atomic E-state index is 9.70. The summed E-state index contributed by atoms with van der Waals surface area (Å²) in [6.45, 7) is 4.71. The van der Waals surface area contributed by atoms with Gasteiger partial charge in [-0.2, -0.15) is 4.89 Å². The molecule has 0 bridgehead atoms. The molecule has 0 amide bonds. The van der Waals surface area contributed by atoms with Crippen molar-refractivity contribution in [2.75, 3.05) is 7.11 Å². The lowest BCUT2D eigenvalue weighted by Gasteiger charge is -1.87. The number of aliphatic hydroxyl groups is 1. The maximum Gasteiger partial charge on any atom is 0.339 e. The van der Waals surface area contributed by atoms with Crippen molar-refractivity contribution in [1.82, 2.24) is 0 Å². The van der Waals surface area contributed by atoms with Crippen molar-refractivity contribution in [3.8, 4) is 0 Å². The molecule has 0 saturated heterocycles. The summed E-state index contributed by atoms with van der Waals surface area (Å²) in [5, 5.41) is 8.06. The van der Waals surface area contributed by atoms with E-state index < -0.39 is 5.97 Å². The van der Waals surface area contributed by atoms with Gasteiger partial charge in [0.1, 0.15) is 0 Å². The van der Waals surface area contributed by atoms with Gasteiger partial charge < -0.3 is 5.11 Å². The molecule has 0 atom stereocenters. The number of rotatable bonds is 1. The molecular weight excluding hydrogens is 136 g/mol. The van der Waals surface area contributed by atoms with Gasteiger partial charge in [0.25, 0.3) is 0 Å². The lowest BCUT2D eigenvalue weighted by Crippen LogP contribution is -1.94. The first-order valence-electron chi connectivity index (χ1n) is 2.90. The molecule has 0 radical (unpaired) electrons. The van der Waals surface area contributed by atoms with E-state index in [9.17, 15) is 4.79 Å². The van der Waals surface area contributed by atoms with Crippen molar-refractivity contribution in [3.63, 3.8) is 0 Å². The SMILES string of the molecule is CC(C)O.COOC(C)=O. The molecule has 0 fully saturated rings. The average molecular weight is 150 g/mol. The normalized spacial score (nSPS) is 8.20. The van der Waals surface area contributed by atoms with Gasteiger partial charge in [-0.1, -0.05) is 0 Å². The Balaban J connectivity index is 0. The van der Waals surface area contributed by atoms with Crippen LogP contribution in [0.15, 0.2) is 0 Å². The van der Waals surface area contributed by atoms with Crippen molar-refractivity contribution in [1.29, 1.82) is 0 Å². The molecule has 0 heterocycles. The van der Waals surface area contributed by atoms with Gasteiger partial charge in [0.2, 0.25) is 0 Å². The zero-order valence-corrected chi connectivity index (χ0v) is 6.75. The third-order valence-corrected chi connectivity index (χ3v) is 0.201. The smallest absolute Gasteiger partial charge is 0.339 e. The minimum absolute atomic E-state index is 0.167. The fourth-order valence-corrected chi connectivity index (χ4v) is 0.117. The van der Waals surface area contributed by atoms with Crippen LogP contribution in [0.1, 0.15) is 20.8 Å². The largest absolute Gasteiger partial charge is 0.394 e. The van der Waals surface area contributed by atoms with Crippen molar-refractivity contribution in [2.45, 2.75) is 26.9 Å². The second kappa shape index (κ2) is 8.39. The van der Waals surface area contributed by atoms with E-state index in [4.69, 9.17) is 5.11 Å². The van der Waals surface area contributed by atoms with E-state index in [2.05, 4.69) is 9.78 Å². The van der Waals surface area contributed by atoms with Crippen LogP contribution in [-0.4, -0.2) is 24.3 Å². The van der Waals surface area contributed by atoms with Gasteiger partial charge in [0.05, 0.1) is 7.11 Å². The highest BCUT2D eigenvalue weighted by molar-refractivity contribution is 5.65. The van der Waals surface area contributed by atoms with Crippen LogP contribution in [0.5, 0.6) is 0 Å². The first-order valence-corrected chi connectivity index (χ1v) is 2.90. The van der Waals surface area contributed by atoms with Gasteiger partial charge >= 0.3 is 5.97 Å². The summed E-state index contributed by atoms with van der Waals surface area (Å²) in [7, 11) is 1.28. The Labute approximate surface area is 60.7 Å². The van der Waals surface area contributed by atoms with Gasteiger partial charge in [0.15, 0.2) is 0 Å². The molecule has 0 aliphatic carbocycles. The Morgan fingerprint density at radius 2 is 1.80 bits per heavy atom. The predicted octanol–water partition coefficient (Wildman–Crippen LogP) is 0.498. The molecule has 0 saturated carbocycles. The molecule has 0 aromatic rings. The minimum Gasteiger partial charge on any atom is -0.394 e. The van der Waals surface area contributed by atoms with E-state index in [0.29, 0.717) is 0 Å². The third kappa shape index (κ3) is 52.8. The summed E-state index contributed by atoms with van der Waals surface area (Å²) in [4.78, 5) is 17.6. The van der Waals surface area contributed by atoms with E-state index >= 15 is 0 Å². The van der Waals surface area contributed by atoms with Crippen LogP contribution in [-0.2, 0) is 14.6 Å². The van der Waals surface area contributed by atoms with Crippen LogP contribution in [0.4, 0.5) is 0 Å². The third-order valence-electron chi connectivity index (χ3n) is 0.201. The molecule has 62 valence electrons. The van der Waals surface area contributed by atoms with Gasteiger partial charge in [-0.05, 0) is 13.8 Å². The fraction of sp³-hybridized carbons (Fsp3) is 0.833. The van der Waals surface area contributed by atoms with Gasteiger partial charge in [-0.3, -0.25) is 4.89 Å². The Kier molecular flexibility index (Phi) is 10.2. The first-order chi connectivity index (χ1) is 4.50. The molecule has 0 aliphatic rings. The number of carbonyl (C=O) groups is 1. The first kappa shape index (κ1) is 12.1. The highest BCUT2D eigenvalue weighted by Crippen LogP contribution is 1.69. The minimum atomic E-state index is -0.433. The van der Waals surface area contributed by atoms with Gasteiger partial charge in [-0.15, -0.1) is 0 Å². The predicted molar refractivity (Wildman–Crippen MR) is 36.1 cm³/mol. The molecule has 1 N–H and O–H groups in total. The van der Waals surface area contributed by atoms with E-state index in [-0.39, 0.29) is 6.10 Å². The average Bonchev–Trinajstić information content (AvgIpc) is 1.62. The lowest BCUT2D eigenvalue weighted by atomic mass is 10.5. The van der Waals surface area contributed by atoms with Gasteiger partial charge in [0, 0.05) is 13.0 Å². The summed E-state index contributed by atoms with van der Waals surface area (Å²) in [6, 6.07) is 0. The Morgan fingerprint density at radius 3 is 1.80 bits per heavy atom. The summed E-state index contributed by atoms with van der Waals surface area (Å²) >= 11 is 0. The summed E-state index contributed by atoms with van der Waals surface area (Å²) in [5.41, 5.74) is 0. The Bertz CT molecular complexity index is 77.1. The van der Waals surface area contributed by atoms with Crippen molar-refractivity contribution < 1.29 is 19.7 Å². The number of hydrogen-bond donors (Lipinski definition) is 1. The van der Waals surface area contributed by atoms with Crippen LogP contribution in [0.3, 0.4) is 0 Å². The second-order valence-corrected chi connectivity index (χ2v) is 1.84. The van der Waals surface area contributed by atoms with Crippen LogP contribution in [0.2, 0.25) is 0 Å². The number of hydrogen-bond acceptors (Lipinski definition) is 4. The molecule has 0 aliphatic heterocycles. The number of aliphatic hydroxyl groups excluding tert-OH is 1. The topological polar surface area (TPSA) is 55.8 Å². The van der Waals surface area contributed by atoms with Crippen molar-refractivity contribution in [3.05, 3.63) is 0 Å². The molecular formula is C6H14O4. The second-order valence-electron chi connectivity index (χ2n) is 1.84. The van der Waals surface area contributed by atoms with E-state index in [1.54, 1.807) is 13.8 Å². The molecule has 4 nitrogen and oxygen atoms in total. The van der Waals surface area contributed by atoms with Crippen LogP contribution in [0, 0.1) is 0 Å². The highest BCUT2D eigenvalue weighted by Gasteiger charge is 1.83. The van der Waals surface area contributed by atoms with Crippen LogP contribution < -0.4 is 0 Å². The van der Waals surface area contributed by atoms with E-state index in [1.165, 1.54) is 14.0 Å². The summed E-state index contributed by atoms with van der Waals surface area (Å²) in [5.74, 6) is -0.433. The van der Waals surface area contributed by atoms with E-state index in [1.807, 2.05) is 0 Å². The monoisotopic (exact) mass is 150 g/mol. The summed E-state index contributed by atoms with van der Waals surface area (Å²) < 4.78 is 0. The molecule has 4 heteroatoms. The fourth-order valence-electron chi connectivity index (χ4n) is 0.117. The molecule has 0 aromatic heterocycles. The van der Waals surface area contributed by atoms with Crippen molar-refractivity contribution >= 4 is 5.97 Å². The molecule has 0 spiro atoms. The molecule has 10 heavy (non-hydrogen) atoms. The molecule has 0 rings (SSSR count). The number of carbonyl (C=O) groups excluding carboxylic acids is 1.